The Morgan fingerprint density at radius 1 is 0.404 bits per heavy atom. The van der Waals surface area contributed by atoms with Crippen molar-refractivity contribution in [1.29, 1.82) is 0 Å². The summed E-state index contributed by atoms with van der Waals surface area (Å²) in [5.41, 5.74) is 17.4. The van der Waals surface area contributed by atoms with E-state index in [1.165, 1.54) is 55.3 Å². The maximum atomic E-state index is 6.44. The Balaban J connectivity index is 1.07. The SMILES string of the molecule is CC1(C)c2cc(N(c3ccc(-c4ccccc4)cc3)c3ccc(-c4cccc5c4oc4ccccc45)cc3)ccc2-c2c(-c3ccccc3)cc3ccccc3c21. The third kappa shape index (κ3) is 5.33. The summed E-state index contributed by atoms with van der Waals surface area (Å²) in [7, 11) is 0. The van der Waals surface area contributed by atoms with E-state index < -0.39 is 0 Å². The molecule has 0 amide bonds. The summed E-state index contributed by atoms with van der Waals surface area (Å²) in [6.07, 6.45) is 0. The van der Waals surface area contributed by atoms with Crippen LogP contribution in [-0.4, -0.2) is 0 Å². The molecule has 0 unspecified atom stereocenters. The maximum Gasteiger partial charge on any atom is 0.143 e. The number of fused-ring (bicyclic) bond motifs is 8. The van der Waals surface area contributed by atoms with E-state index in [9.17, 15) is 0 Å². The number of hydrogen-bond donors (Lipinski definition) is 0. The lowest BCUT2D eigenvalue weighted by Gasteiger charge is -2.28. The predicted molar refractivity (Wildman–Crippen MR) is 240 cm³/mol. The van der Waals surface area contributed by atoms with Gasteiger partial charge in [0.05, 0.1) is 0 Å². The highest BCUT2D eigenvalue weighted by molar-refractivity contribution is 6.10. The van der Waals surface area contributed by atoms with Crippen molar-refractivity contribution in [3.05, 3.63) is 211 Å². The second-order valence-electron chi connectivity index (χ2n) is 15.7. The number of benzene rings is 9. The number of para-hydroxylation sites is 2. The summed E-state index contributed by atoms with van der Waals surface area (Å²) >= 11 is 0. The summed E-state index contributed by atoms with van der Waals surface area (Å²) in [5, 5.41) is 4.87. The molecule has 270 valence electrons. The van der Waals surface area contributed by atoms with Gasteiger partial charge in [0.2, 0.25) is 0 Å². The molecule has 1 aliphatic rings. The molecule has 0 fully saturated rings. The zero-order valence-electron chi connectivity index (χ0n) is 31.9. The average molecular weight is 730 g/mol. The zero-order valence-corrected chi connectivity index (χ0v) is 31.9. The monoisotopic (exact) mass is 729 g/mol. The molecule has 2 nitrogen and oxygen atoms in total. The Morgan fingerprint density at radius 3 is 1.70 bits per heavy atom. The molecule has 0 bridgehead atoms. The number of rotatable bonds is 6. The van der Waals surface area contributed by atoms with Crippen LogP contribution in [0.2, 0.25) is 0 Å². The Kier molecular flexibility index (Phi) is 7.55. The minimum Gasteiger partial charge on any atom is -0.455 e. The molecule has 0 saturated heterocycles. The Morgan fingerprint density at radius 2 is 0.965 bits per heavy atom. The molecule has 0 spiro atoms. The molecule has 0 aliphatic heterocycles. The van der Waals surface area contributed by atoms with Crippen molar-refractivity contribution in [2.24, 2.45) is 0 Å². The first kappa shape index (κ1) is 33.2. The second-order valence-corrected chi connectivity index (χ2v) is 15.7. The van der Waals surface area contributed by atoms with E-state index in [1.807, 2.05) is 12.1 Å². The van der Waals surface area contributed by atoms with Gasteiger partial charge in [-0.1, -0.05) is 166 Å². The fourth-order valence-electron chi connectivity index (χ4n) is 9.31. The topological polar surface area (TPSA) is 16.4 Å². The minimum absolute atomic E-state index is 0.233. The van der Waals surface area contributed by atoms with Crippen molar-refractivity contribution < 1.29 is 4.42 Å². The first-order valence-corrected chi connectivity index (χ1v) is 19.8. The standard InChI is InChI=1S/C55H39NO/c1-55(2)50-35-43(32-33-48(50)52-49(38-16-7-4-8-17-38)34-40-18-9-10-19-44(40)53(52)55)56(41-28-24-37(25-29-41)36-14-5-3-6-15-36)42-30-26-39(27-31-42)45-21-13-22-47-46-20-11-12-23-51(46)57-54(45)47/h3-35H,1-2H3. The summed E-state index contributed by atoms with van der Waals surface area (Å²) in [6, 6.07) is 72.5. The van der Waals surface area contributed by atoms with Gasteiger partial charge in [-0.2, -0.15) is 0 Å². The van der Waals surface area contributed by atoms with Gasteiger partial charge in [-0.3, -0.25) is 0 Å². The van der Waals surface area contributed by atoms with Gasteiger partial charge in [-0.25, -0.2) is 0 Å². The van der Waals surface area contributed by atoms with E-state index in [-0.39, 0.29) is 5.41 Å². The smallest absolute Gasteiger partial charge is 0.143 e. The van der Waals surface area contributed by atoms with Crippen LogP contribution >= 0.6 is 0 Å². The van der Waals surface area contributed by atoms with Gasteiger partial charge >= 0.3 is 0 Å². The fourth-order valence-corrected chi connectivity index (χ4v) is 9.31. The molecule has 1 aromatic heterocycles. The number of hydrogen-bond acceptors (Lipinski definition) is 2. The number of furan rings is 1. The fraction of sp³-hybridized carbons (Fsp3) is 0.0545. The number of anilines is 3. The summed E-state index contributed by atoms with van der Waals surface area (Å²) in [5.74, 6) is 0. The van der Waals surface area contributed by atoms with Crippen LogP contribution in [0.1, 0.15) is 25.0 Å². The second kappa shape index (κ2) is 13.0. The Bertz CT molecular complexity index is 3120. The van der Waals surface area contributed by atoms with Crippen LogP contribution in [0, 0.1) is 0 Å². The normalized spacial score (nSPS) is 12.9. The maximum absolute atomic E-state index is 6.44. The third-order valence-electron chi connectivity index (χ3n) is 12.0. The summed E-state index contributed by atoms with van der Waals surface area (Å²) in [4.78, 5) is 2.40. The van der Waals surface area contributed by atoms with Crippen molar-refractivity contribution in [1.82, 2.24) is 0 Å². The van der Waals surface area contributed by atoms with Gasteiger partial charge < -0.3 is 9.32 Å². The van der Waals surface area contributed by atoms with Gasteiger partial charge in [-0.05, 0) is 109 Å². The molecule has 10 aromatic rings. The third-order valence-corrected chi connectivity index (χ3v) is 12.0. The molecule has 57 heavy (non-hydrogen) atoms. The zero-order chi connectivity index (χ0) is 38.1. The highest BCUT2D eigenvalue weighted by Gasteiger charge is 2.39. The van der Waals surface area contributed by atoms with Gasteiger partial charge in [0.15, 0.2) is 0 Å². The molecule has 0 N–H and O–H groups in total. The molecular weight excluding hydrogens is 691 g/mol. The van der Waals surface area contributed by atoms with Crippen molar-refractivity contribution >= 4 is 49.8 Å². The van der Waals surface area contributed by atoms with Crippen molar-refractivity contribution in [3.8, 4) is 44.5 Å². The van der Waals surface area contributed by atoms with Crippen LogP contribution in [0.5, 0.6) is 0 Å². The molecule has 0 radical (unpaired) electrons. The van der Waals surface area contributed by atoms with E-state index in [4.69, 9.17) is 4.42 Å². The minimum atomic E-state index is -0.233. The van der Waals surface area contributed by atoms with Crippen LogP contribution in [0.25, 0.3) is 77.2 Å². The molecule has 9 aromatic carbocycles. The number of nitrogens with zero attached hydrogens (tertiary/aromatic N) is 1. The van der Waals surface area contributed by atoms with Gasteiger partial charge in [-0.15, -0.1) is 0 Å². The van der Waals surface area contributed by atoms with E-state index in [1.54, 1.807) is 0 Å². The van der Waals surface area contributed by atoms with Gasteiger partial charge in [0, 0.05) is 38.8 Å². The van der Waals surface area contributed by atoms with Gasteiger partial charge in [0.1, 0.15) is 11.2 Å². The van der Waals surface area contributed by atoms with Crippen LogP contribution in [0.3, 0.4) is 0 Å². The highest BCUT2D eigenvalue weighted by atomic mass is 16.3. The Hall–Kier alpha value is -7.16. The van der Waals surface area contributed by atoms with E-state index >= 15 is 0 Å². The molecule has 11 rings (SSSR count). The Labute approximate surface area is 332 Å². The average Bonchev–Trinajstić information content (AvgIpc) is 3.77. The van der Waals surface area contributed by atoms with Crippen molar-refractivity contribution in [2.45, 2.75) is 19.3 Å². The van der Waals surface area contributed by atoms with E-state index in [0.29, 0.717) is 0 Å². The summed E-state index contributed by atoms with van der Waals surface area (Å²) in [6.45, 7) is 4.80. The van der Waals surface area contributed by atoms with Crippen molar-refractivity contribution in [3.63, 3.8) is 0 Å². The lowest BCUT2D eigenvalue weighted by atomic mass is 9.79. The molecule has 0 saturated carbocycles. The van der Waals surface area contributed by atoms with Gasteiger partial charge in [0.25, 0.3) is 0 Å². The van der Waals surface area contributed by atoms with E-state index in [0.717, 1.165) is 50.1 Å². The first-order chi connectivity index (χ1) is 28.0. The van der Waals surface area contributed by atoms with Crippen LogP contribution in [0.4, 0.5) is 17.1 Å². The lowest BCUT2D eigenvalue weighted by molar-refractivity contribution is 0.666. The largest absolute Gasteiger partial charge is 0.455 e. The quantitative estimate of drug-likeness (QED) is 0.169. The van der Waals surface area contributed by atoms with Crippen LogP contribution in [-0.2, 0) is 5.41 Å². The lowest BCUT2D eigenvalue weighted by Crippen LogP contribution is -2.17. The molecular formula is C55H39NO. The predicted octanol–water partition coefficient (Wildman–Crippen LogP) is 15.5. The molecule has 1 aliphatic carbocycles. The molecule has 1 heterocycles. The first-order valence-electron chi connectivity index (χ1n) is 19.8. The highest BCUT2D eigenvalue weighted by Crippen LogP contribution is 2.56. The summed E-state index contributed by atoms with van der Waals surface area (Å²) < 4.78 is 6.44. The molecule has 0 atom stereocenters. The van der Waals surface area contributed by atoms with Crippen molar-refractivity contribution in [2.75, 3.05) is 4.90 Å². The molecule has 2 heteroatoms. The van der Waals surface area contributed by atoms with E-state index in [2.05, 4.69) is 207 Å². The van der Waals surface area contributed by atoms with Crippen LogP contribution in [0.15, 0.2) is 205 Å². The van der Waals surface area contributed by atoms with Crippen LogP contribution < -0.4 is 4.90 Å².